The third kappa shape index (κ3) is 1.29. The molecule has 0 aliphatic heterocycles. The molecule has 4 heteroatoms. The molecule has 13 heavy (non-hydrogen) atoms. The molecule has 0 saturated carbocycles. The number of aryl methyl sites for hydroxylation is 1. The zero-order chi connectivity index (χ0) is 9.26. The molecule has 4 nitrogen and oxygen atoms in total. The summed E-state index contributed by atoms with van der Waals surface area (Å²) in [4.78, 5) is 0. The van der Waals surface area contributed by atoms with E-state index in [9.17, 15) is 0 Å². The smallest absolute Gasteiger partial charge is 0.113 e. The quantitative estimate of drug-likeness (QED) is 0.732. The molecule has 0 fully saturated rings. The van der Waals surface area contributed by atoms with E-state index in [2.05, 4.69) is 21.7 Å². The van der Waals surface area contributed by atoms with Crippen molar-refractivity contribution in [3.8, 4) is 0 Å². The van der Waals surface area contributed by atoms with Crippen molar-refractivity contribution in [2.45, 2.75) is 6.54 Å². The molecule has 0 aliphatic carbocycles. The average molecular weight is 176 g/mol. The van der Waals surface area contributed by atoms with Crippen LogP contribution in [0.25, 0.3) is 11.0 Å². The summed E-state index contributed by atoms with van der Waals surface area (Å²) in [5.41, 5.74) is 3.29. The molecule has 1 heterocycles. The first kappa shape index (κ1) is 8.19. The summed E-state index contributed by atoms with van der Waals surface area (Å²) in [5, 5.41) is 11.1. The highest BCUT2D eigenvalue weighted by molar-refractivity contribution is 5.77. The Balaban J connectivity index is 2.65. The number of para-hydroxylation sites is 1. The fourth-order valence-electron chi connectivity index (χ4n) is 1.53. The summed E-state index contributed by atoms with van der Waals surface area (Å²) in [5.74, 6) is 0. The first-order chi connectivity index (χ1) is 6.33. The van der Waals surface area contributed by atoms with E-state index < -0.39 is 0 Å². The van der Waals surface area contributed by atoms with E-state index in [0.717, 1.165) is 17.6 Å². The number of benzene rings is 1. The zero-order valence-corrected chi connectivity index (χ0v) is 7.78. The fraction of sp³-hybridized carbons (Fsp3) is 0.333. The predicted octanol–water partition coefficient (Wildman–Crippen LogP) is 0.688. The summed E-state index contributed by atoms with van der Waals surface area (Å²) < 4.78 is 1.81. The van der Waals surface area contributed by atoms with Crippen LogP contribution in [0.1, 0.15) is 5.56 Å². The minimum absolute atomic E-state index is 0.846. The van der Waals surface area contributed by atoms with Crippen molar-refractivity contribution in [2.24, 2.45) is 7.05 Å². The Morgan fingerprint density at radius 1 is 1.46 bits per heavy atom. The lowest BCUT2D eigenvalue weighted by molar-refractivity contribution is 0.728. The van der Waals surface area contributed by atoms with Gasteiger partial charge < -0.3 is 5.32 Å². The molecular weight excluding hydrogens is 164 g/mol. The minimum Gasteiger partial charge on any atom is -0.316 e. The second kappa shape index (κ2) is 3.14. The van der Waals surface area contributed by atoms with Gasteiger partial charge in [-0.25, -0.2) is 4.68 Å². The third-order valence-corrected chi connectivity index (χ3v) is 2.08. The fourth-order valence-corrected chi connectivity index (χ4v) is 1.53. The molecule has 0 amide bonds. The maximum atomic E-state index is 4.05. The van der Waals surface area contributed by atoms with Crippen molar-refractivity contribution in [3.63, 3.8) is 0 Å². The summed E-state index contributed by atoms with van der Waals surface area (Å²) in [6.07, 6.45) is 0. The van der Waals surface area contributed by atoms with Gasteiger partial charge in [0.2, 0.25) is 0 Å². The predicted molar refractivity (Wildman–Crippen MR) is 51.3 cm³/mol. The third-order valence-electron chi connectivity index (χ3n) is 2.08. The number of hydrogen-bond donors (Lipinski definition) is 1. The lowest BCUT2D eigenvalue weighted by atomic mass is 10.2. The van der Waals surface area contributed by atoms with Gasteiger partial charge in [0.1, 0.15) is 5.52 Å². The Labute approximate surface area is 76.6 Å². The molecule has 0 radical (unpaired) electrons. The van der Waals surface area contributed by atoms with Crippen molar-refractivity contribution in [1.29, 1.82) is 0 Å². The normalized spacial score (nSPS) is 10.9. The van der Waals surface area contributed by atoms with E-state index in [4.69, 9.17) is 0 Å². The summed E-state index contributed by atoms with van der Waals surface area (Å²) in [6, 6.07) is 6.06. The Kier molecular flexibility index (Phi) is 1.98. The molecule has 0 unspecified atom stereocenters. The van der Waals surface area contributed by atoms with Crippen LogP contribution in [0.15, 0.2) is 18.2 Å². The van der Waals surface area contributed by atoms with Crippen LogP contribution < -0.4 is 5.32 Å². The molecule has 2 rings (SSSR count). The lowest BCUT2D eigenvalue weighted by Gasteiger charge is -2.02. The van der Waals surface area contributed by atoms with Crippen LogP contribution in [0.5, 0.6) is 0 Å². The summed E-state index contributed by atoms with van der Waals surface area (Å²) in [6.45, 7) is 0.846. The van der Waals surface area contributed by atoms with Gasteiger partial charge >= 0.3 is 0 Å². The lowest BCUT2D eigenvalue weighted by Crippen LogP contribution is -2.06. The molecule has 0 spiro atoms. The maximum Gasteiger partial charge on any atom is 0.113 e. The Morgan fingerprint density at radius 3 is 3.08 bits per heavy atom. The molecule has 0 atom stereocenters. The highest BCUT2D eigenvalue weighted by Crippen LogP contribution is 2.14. The number of hydrogen-bond acceptors (Lipinski definition) is 3. The van der Waals surface area contributed by atoms with Crippen molar-refractivity contribution in [1.82, 2.24) is 20.3 Å². The van der Waals surface area contributed by atoms with Gasteiger partial charge in [0.25, 0.3) is 0 Å². The summed E-state index contributed by atoms with van der Waals surface area (Å²) in [7, 11) is 3.84. The molecule has 0 saturated heterocycles. The van der Waals surface area contributed by atoms with Crippen LogP contribution in [-0.2, 0) is 13.6 Å². The van der Waals surface area contributed by atoms with Gasteiger partial charge in [-0.1, -0.05) is 17.3 Å². The Bertz CT molecular complexity index is 418. The van der Waals surface area contributed by atoms with E-state index in [1.54, 1.807) is 0 Å². The minimum atomic E-state index is 0.846. The van der Waals surface area contributed by atoms with Gasteiger partial charge in [-0.2, -0.15) is 0 Å². The van der Waals surface area contributed by atoms with Crippen molar-refractivity contribution < 1.29 is 0 Å². The number of fused-ring (bicyclic) bond motifs is 1. The molecule has 68 valence electrons. The number of nitrogens with zero attached hydrogens (tertiary/aromatic N) is 3. The molecule has 1 N–H and O–H groups in total. The van der Waals surface area contributed by atoms with Crippen LogP contribution in [0.4, 0.5) is 0 Å². The van der Waals surface area contributed by atoms with Gasteiger partial charge in [0.05, 0.1) is 5.52 Å². The first-order valence-corrected chi connectivity index (χ1v) is 4.25. The largest absolute Gasteiger partial charge is 0.316 e. The molecule has 0 bridgehead atoms. The zero-order valence-electron chi connectivity index (χ0n) is 7.78. The number of rotatable bonds is 2. The van der Waals surface area contributed by atoms with Crippen LogP contribution in [0.3, 0.4) is 0 Å². The SMILES string of the molecule is CNCc1cccc2nnn(C)c12. The van der Waals surface area contributed by atoms with Gasteiger partial charge in [0, 0.05) is 13.6 Å². The van der Waals surface area contributed by atoms with Gasteiger partial charge in [-0.3, -0.25) is 0 Å². The van der Waals surface area contributed by atoms with Crippen LogP contribution in [0, 0.1) is 0 Å². The molecule has 2 aromatic rings. The van der Waals surface area contributed by atoms with Crippen molar-refractivity contribution >= 4 is 11.0 Å². The second-order valence-corrected chi connectivity index (χ2v) is 3.03. The number of aromatic nitrogens is 3. The maximum absolute atomic E-state index is 4.05. The molecule has 0 aliphatic rings. The molecule has 1 aromatic carbocycles. The van der Waals surface area contributed by atoms with Gasteiger partial charge in [0.15, 0.2) is 0 Å². The van der Waals surface area contributed by atoms with Crippen LogP contribution >= 0.6 is 0 Å². The van der Waals surface area contributed by atoms with Crippen LogP contribution in [-0.4, -0.2) is 22.0 Å². The monoisotopic (exact) mass is 176 g/mol. The van der Waals surface area contributed by atoms with Crippen LogP contribution in [0.2, 0.25) is 0 Å². The van der Waals surface area contributed by atoms with E-state index >= 15 is 0 Å². The van der Waals surface area contributed by atoms with E-state index in [1.165, 1.54) is 5.56 Å². The number of nitrogens with one attached hydrogen (secondary N) is 1. The Morgan fingerprint density at radius 2 is 2.31 bits per heavy atom. The summed E-state index contributed by atoms with van der Waals surface area (Å²) >= 11 is 0. The standard InChI is InChI=1S/C9H12N4/c1-10-6-7-4-3-5-8-9(7)13(2)12-11-8/h3-5,10H,6H2,1-2H3. The molecular formula is C9H12N4. The van der Waals surface area contributed by atoms with E-state index in [1.807, 2.05) is 30.9 Å². The average Bonchev–Trinajstić information content (AvgIpc) is 2.50. The van der Waals surface area contributed by atoms with E-state index in [-0.39, 0.29) is 0 Å². The molecule has 1 aromatic heterocycles. The topological polar surface area (TPSA) is 42.7 Å². The van der Waals surface area contributed by atoms with Gasteiger partial charge in [-0.15, -0.1) is 5.10 Å². The Hall–Kier alpha value is -1.42. The van der Waals surface area contributed by atoms with Crippen molar-refractivity contribution in [3.05, 3.63) is 23.8 Å². The highest BCUT2D eigenvalue weighted by atomic mass is 15.4. The van der Waals surface area contributed by atoms with E-state index in [0.29, 0.717) is 0 Å². The van der Waals surface area contributed by atoms with Crippen molar-refractivity contribution in [2.75, 3.05) is 7.05 Å². The first-order valence-electron chi connectivity index (χ1n) is 4.25. The van der Waals surface area contributed by atoms with Gasteiger partial charge in [-0.05, 0) is 18.7 Å². The highest BCUT2D eigenvalue weighted by Gasteiger charge is 2.05. The second-order valence-electron chi connectivity index (χ2n) is 3.03.